The first-order chi connectivity index (χ1) is 18.5. The molecule has 3 aliphatic heterocycles. The van der Waals surface area contributed by atoms with E-state index in [1.807, 2.05) is 76.7 Å². The number of thioether (sulfide) groups is 1. The number of nitrogens with zero attached hydrogens (tertiary/aromatic N) is 3. The van der Waals surface area contributed by atoms with Gasteiger partial charge in [-0.25, -0.2) is 9.79 Å². The minimum Gasteiger partial charge on any atom is -0.489 e. The van der Waals surface area contributed by atoms with Crippen molar-refractivity contribution in [1.82, 2.24) is 9.80 Å². The average Bonchev–Trinajstić information content (AvgIpc) is 3.61. The van der Waals surface area contributed by atoms with Crippen LogP contribution in [-0.4, -0.2) is 46.5 Å². The van der Waals surface area contributed by atoms with E-state index in [2.05, 4.69) is 6.58 Å². The van der Waals surface area contributed by atoms with Gasteiger partial charge in [0.2, 0.25) is 5.91 Å². The van der Waals surface area contributed by atoms with Crippen LogP contribution in [0.3, 0.4) is 0 Å². The van der Waals surface area contributed by atoms with Crippen LogP contribution < -0.4 is 4.74 Å². The maximum absolute atomic E-state index is 13.3. The van der Waals surface area contributed by atoms with Crippen LogP contribution in [0.5, 0.6) is 5.75 Å². The van der Waals surface area contributed by atoms with Crippen molar-refractivity contribution in [2.45, 2.75) is 38.8 Å². The van der Waals surface area contributed by atoms with Gasteiger partial charge in [0.25, 0.3) is 0 Å². The molecule has 0 radical (unpaired) electrons. The number of aliphatic imine (C=N–C) groups is 1. The Morgan fingerprint density at radius 2 is 1.92 bits per heavy atom. The van der Waals surface area contributed by atoms with E-state index in [0.717, 1.165) is 47.9 Å². The molecule has 38 heavy (non-hydrogen) atoms. The first-order valence-corrected chi connectivity index (χ1v) is 13.7. The standard InChI is InChI=1S/C30H31N3O4S/c1-3-16-36-29(35)27-21(2)31-30-33(24(20-38-30)18-26(34)32-14-7-8-15-32)28(27)23-12-9-13-25(17-23)37-19-22-10-5-4-6-11-22/h3-6,9-13,17,20,28H,1,7-8,14-16,18-19H2,2H3. The first kappa shape index (κ1) is 25.9. The van der Waals surface area contributed by atoms with Crippen LogP contribution in [0.4, 0.5) is 0 Å². The van der Waals surface area contributed by atoms with Gasteiger partial charge < -0.3 is 19.3 Å². The molecule has 5 rings (SSSR count). The SMILES string of the molecule is C=CCOC(=O)C1=C(C)N=C2SC=C(CC(=O)N3CCCC3)N2C1c1cccc(OCc2ccccc2)c1. The molecule has 0 bridgehead atoms. The molecule has 0 aliphatic carbocycles. The van der Waals surface area contributed by atoms with Crippen molar-refractivity contribution in [3.8, 4) is 5.75 Å². The van der Waals surface area contributed by atoms with E-state index in [1.54, 1.807) is 6.08 Å². The number of rotatable bonds is 9. The van der Waals surface area contributed by atoms with Crippen molar-refractivity contribution in [3.05, 3.63) is 101 Å². The topological polar surface area (TPSA) is 71.4 Å². The third kappa shape index (κ3) is 5.55. The molecule has 0 saturated carbocycles. The average molecular weight is 530 g/mol. The van der Waals surface area contributed by atoms with Gasteiger partial charge in [0.1, 0.15) is 19.0 Å². The molecule has 7 nitrogen and oxygen atoms in total. The molecule has 2 aromatic carbocycles. The van der Waals surface area contributed by atoms with Gasteiger partial charge in [-0.2, -0.15) is 0 Å². The maximum Gasteiger partial charge on any atom is 0.338 e. The van der Waals surface area contributed by atoms with E-state index in [-0.39, 0.29) is 18.9 Å². The molecule has 1 unspecified atom stereocenters. The summed E-state index contributed by atoms with van der Waals surface area (Å²) in [4.78, 5) is 35.1. The molecular formula is C30H31N3O4S. The Balaban J connectivity index is 1.47. The Morgan fingerprint density at radius 3 is 2.68 bits per heavy atom. The number of amidine groups is 1. The van der Waals surface area contributed by atoms with Crippen LogP contribution in [0.2, 0.25) is 0 Å². The lowest BCUT2D eigenvalue weighted by atomic mass is 9.93. The number of allylic oxidation sites excluding steroid dienone is 1. The second-order valence-electron chi connectivity index (χ2n) is 9.39. The highest BCUT2D eigenvalue weighted by Crippen LogP contribution is 2.45. The minimum atomic E-state index is -0.507. The molecule has 0 spiro atoms. The fourth-order valence-corrected chi connectivity index (χ4v) is 5.87. The lowest BCUT2D eigenvalue weighted by molar-refractivity contribution is -0.138. The summed E-state index contributed by atoms with van der Waals surface area (Å²) in [6.07, 6.45) is 3.87. The molecule has 1 atom stereocenters. The molecule has 1 saturated heterocycles. The highest BCUT2D eigenvalue weighted by atomic mass is 32.2. The zero-order chi connectivity index (χ0) is 26.5. The van der Waals surface area contributed by atoms with Gasteiger partial charge in [-0.15, -0.1) is 0 Å². The number of carbonyl (C=O) groups is 2. The normalized spacial score (nSPS) is 18.6. The van der Waals surface area contributed by atoms with Crippen molar-refractivity contribution < 1.29 is 19.1 Å². The van der Waals surface area contributed by atoms with Crippen molar-refractivity contribution in [3.63, 3.8) is 0 Å². The molecule has 0 aromatic heterocycles. The second-order valence-corrected chi connectivity index (χ2v) is 10.2. The summed E-state index contributed by atoms with van der Waals surface area (Å²) in [6, 6.07) is 17.2. The Kier molecular flexibility index (Phi) is 7.98. The number of ether oxygens (including phenoxy) is 2. The van der Waals surface area contributed by atoms with Crippen molar-refractivity contribution in [2.75, 3.05) is 19.7 Å². The summed E-state index contributed by atoms with van der Waals surface area (Å²) < 4.78 is 11.6. The van der Waals surface area contributed by atoms with Gasteiger partial charge in [-0.05, 0) is 48.4 Å². The minimum absolute atomic E-state index is 0.0938. The zero-order valence-electron chi connectivity index (χ0n) is 21.5. The summed E-state index contributed by atoms with van der Waals surface area (Å²) in [5.74, 6) is 0.335. The van der Waals surface area contributed by atoms with Gasteiger partial charge in [0.05, 0.1) is 23.7 Å². The van der Waals surface area contributed by atoms with Crippen LogP contribution in [0.1, 0.15) is 43.4 Å². The molecule has 3 heterocycles. The molecular weight excluding hydrogens is 498 g/mol. The van der Waals surface area contributed by atoms with E-state index in [4.69, 9.17) is 14.5 Å². The summed E-state index contributed by atoms with van der Waals surface area (Å²) in [7, 11) is 0. The fourth-order valence-electron chi connectivity index (χ4n) is 4.91. The third-order valence-electron chi connectivity index (χ3n) is 6.77. The van der Waals surface area contributed by atoms with Crippen LogP contribution in [-0.2, 0) is 20.9 Å². The van der Waals surface area contributed by atoms with Crippen molar-refractivity contribution in [1.29, 1.82) is 0 Å². The Morgan fingerprint density at radius 1 is 1.13 bits per heavy atom. The van der Waals surface area contributed by atoms with Crippen LogP contribution in [0, 0.1) is 0 Å². The molecule has 1 amide bonds. The molecule has 3 aliphatic rings. The number of amides is 1. The number of benzene rings is 2. The molecule has 0 N–H and O–H groups in total. The highest BCUT2D eigenvalue weighted by molar-refractivity contribution is 8.16. The van der Waals surface area contributed by atoms with Crippen molar-refractivity contribution in [2.24, 2.45) is 4.99 Å². The number of fused-ring (bicyclic) bond motifs is 1. The molecule has 8 heteroatoms. The number of likely N-dealkylation sites (tertiary alicyclic amines) is 1. The zero-order valence-corrected chi connectivity index (χ0v) is 22.3. The molecule has 2 aromatic rings. The van der Waals surface area contributed by atoms with Crippen LogP contribution >= 0.6 is 11.8 Å². The fraction of sp³-hybridized carbons (Fsp3) is 0.300. The lowest BCUT2D eigenvalue weighted by Gasteiger charge is -2.36. The van der Waals surface area contributed by atoms with Gasteiger partial charge in [-0.1, -0.05) is 66.9 Å². The number of carbonyl (C=O) groups excluding carboxylic acids is 2. The quantitative estimate of drug-likeness (QED) is 0.312. The summed E-state index contributed by atoms with van der Waals surface area (Å²) >= 11 is 1.47. The van der Waals surface area contributed by atoms with E-state index in [1.165, 1.54) is 11.8 Å². The van der Waals surface area contributed by atoms with Gasteiger partial charge in [-0.3, -0.25) is 4.79 Å². The van der Waals surface area contributed by atoms with Crippen LogP contribution in [0.25, 0.3) is 0 Å². The third-order valence-corrected chi connectivity index (χ3v) is 7.65. The van der Waals surface area contributed by atoms with E-state index >= 15 is 0 Å². The van der Waals surface area contributed by atoms with Gasteiger partial charge in [0.15, 0.2) is 5.17 Å². The maximum atomic E-state index is 13.3. The number of esters is 1. The van der Waals surface area contributed by atoms with Gasteiger partial charge >= 0.3 is 5.97 Å². The van der Waals surface area contributed by atoms with E-state index in [9.17, 15) is 9.59 Å². The summed E-state index contributed by atoms with van der Waals surface area (Å²) in [5.41, 5.74) is 3.79. The summed E-state index contributed by atoms with van der Waals surface area (Å²) in [6.45, 7) is 7.61. The Hall–Kier alpha value is -3.78. The lowest BCUT2D eigenvalue weighted by Crippen LogP contribution is -2.38. The van der Waals surface area contributed by atoms with Gasteiger partial charge in [0, 0.05) is 18.8 Å². The second kappa shape index (κ2) is 11.7. The summed E-state index contributed by atoms with van der Waals surface area (Å²) in [5, 5.41) is 2.72. The predicted molar refractivity (Wildman–Crippen MR) is 149 cm³/mol. The van der Waals surface area contributed by atoms with E-state index in [0.29, 0.717) is 23.6 Å². The largest absolute Gasteiger partial charge is 0.489 e. The first-order valence-electron chi connectivity index (χ1n) is 12.8. The van der Waals surface area contributed by atoms with Crippen molar-refractivity contribution >= 4 is 28.8 Å². The number of hydrogen-bond acceptors (Lipinski definition) is 7. The number of hydrogen-bond donors (Lipinski definition) is 0. The Labute approximate surface area is 227 Å². The van der Waals surface area contributed by atoms with E-state index < -0.39 is 12.0 Å². The van der Waals surface area contributed by atoms with Crippen LogP contribution in [0.15, 0.2) is 94.6 Å². The smallest absolute Gasteiger partial charge is 0.338 e. The Bertz CT molecular complexity index is 1310. The molecule has 196 valence electrons. The predicted octanol–water partition coefficient (Wildman–Crippen LogP) is 5.58. The molecule has 1 fully saturated rings. The highest BCUT2D eigenvalue weighted by Gasteiger charge is 2.41. The monoisotopic (exact) mass is 529 g/mol.